The van der Waals surface area contributed by atoms with Gasteiger partial charge >= 0.3 is 0 Å². The van der Waals surface area contributed by atoms with Gasteiger partial charge in [0.2, 0.25) is 5.91 Å². The van der Waals surface area contributed by atoms with E-state index in [0.29, 0.717) is 11.8 Å². The Labute approximate surface area is 155 Å². The molecule has 1 unspecified atom stereocenters. The first kappa shape index (κ1) is 20.3. The lowest BCUT2D eigenvalue weighted by molar-refractivity contribution is -0.131. The molecule has 26 heavy (non-hydrogen) atoms. The third kappa shape index (κ3) is 4.38. The molecule has 0 saturated carbocycles. The van der Waals surface area contributed by atoms with Crippen LogP contribution in [-0.4, -0.2) is 73.8 Å². The van der Waals surface area contributed by atoms with Crippen LogP contribution in [0.2, 0.25) is 5.02 Å². The minimum atomic E-state index is -0.820. The molecule has 3 rings (SSSR count). The number of fused-ring (bicyclic) bond motifs is 1. The van der Waals surface area contributed by atoms with Crippen molar-refractivity contribution in [2.45, 2.75) is 6.04 Å². The van der Waals surface area contributed by atoms with Crippen LogP contribution < -0.4 is 5.32 Å². The second kappa shape index (κ2) is 8.57. The lowest BCUT2D eigenvalue weighted by Gasteiger charge is -2.31. The predicted octanol–water partition coefficient (Wildman–Crippen LogP) is 1.89. The highest BCUT2D eigenvalue weighted by atomic mass is 35.5. The van der Waals surface area contributed by atoms with Gasteiger partial charge in [0.1, 0.15) is 11.5 Å². The van der Waals surface area contributed by atoms with Gasteiger partial charge in [-0.2, -0.15) is 0 Å². The number of hydrogen-bond acceptors (Lipinski definition) is 4. The number of nitrogens with zero attached hydrogens (tertiary/aromatic N) is 2. The number of hydrogen-bond donors (Lipinski definition) is 2. The van der Waals surface area contributed by atoms with Crippen molar-refractivity contribution in [3.63, 3.8) is 0 Å². The molecule has 0 bridgehead atoms. The Bertz CT molecular complexity index is 810. The fourth-order valence-corrected chi connectivity index (χ4v) is 2.91. The van der Waals surface area contributed by atoms with E-state index in [1.54, 1.807) is 19.0 Å². The van der Waals surface area contributed by atoms with Crippen LogP contribution >= 0.6 is 11.6 Å². The number of aromatic nitrogens is 1. The zero-order valence-corrected chi connectivity index (χ0v) is 15.5. The summed E-state index contributed by atoms with van der Waals surface area (Å²) in [5.41, 5.74) is 0.0727. The van der Waals surface area contributed by atoms with Crippen LogP contribution in [0, 0.1) is 11.6 Å². The second-order valence-corrected chi connectivity index (χ2v) is 6.63. The Kier molecular flexibility index (Phi) is 6.69. The zero-order valence-electron chi connectivity index (χ0n) is 14.8. The largest absolute Gasteiger partial charge is 0.350 e. The molecule has 142 valence electrons. The summed E-state index contributed by atoms with van der Waals surface area (Å²) in [6.45, 7) is 2.75. The summed E-state index contributed by atoms with van der Waals surface area (Å²) >= 11 is 5.55. The van der Waals surface area contributed by atoms with Crippen molar-refractivity contribution >= 4 is 34.7 Å². The third-order valence-corrected chi connectivity index (χ3v) is 4.42. The molecule has 1 saturated heterocycles. The fraction of sp³-hybridized carbons (Fsp3) is 0.412. The van der Waals surface area contributed by atoms with Crippen molar-refractivity contribution in [2.24, 2.45) is 0 Å². The van der Waals surface area contributed by atoms with Crippen molar-refractivity contribution in [3.8, 4) is 0 Å². The van der Waals surface area contributed by atoms with Crippen molar-refractivity contribution < 1.29 is 18.4 Å². The number of aromatic amines is 1. The molecule has 0 spiro atoms. The van der Waals surface area contributed by atoms with E-state index in [1.807, 2.05) is 7.05 Å². The van der Waals surface area contributed by atoms with Crippen LogP contribution in [-0.2, 0) is 4.79 Å². The molecule has 1 aliphatic rings. The highest BCUT2D eigenvalue weighted by Crippen LogP contribution is 2.29. The van der Waals surface area contributed by atoms with E-state index >= 15 is 0 Å². The van der Waals surface area contributed by atoms with Gasteiger partial charge in [-0.05, 0) is 19.2 Å². The molecule has 2 N–H and O–H groups in total. The molecule has 0 aliphatic carbocycles. The lowest BCUT2D eigenvalue weighted by atomic mass is 10.2. The van der Waals surface area contributed by atoms with E-state index in [2.05, 4.69) is 15.2 Å². The topological polar surface area (TPSA) is 68.4 Å². The van der Waals surface area contributed by atoms with Crippen molar-refractivity contribution in [2.75, 3.05) is 40.8 Å². The molecule has 2 aromatic rings. The van der Waals surface area contributed by atoms with Crippen molar-refractivity contribution in [3.05, 3.63) is 34.5 Å². The molecule has 0 radical (unpaired) electrons. The van der Waals surface area contributed by atoms with Crippen LogP contribution in [0.1, 0.15) is 10.5 Å². The normalized spacial score (nSPS) is 17.5. The standard InChI is InChI=1S/C9H4ClF2NO.C8H17N3O/c10-8-4(11)1-2-5-7(8)9(12)6(3-14)13-5;1-10(2)8(12)7-6-11(3)5-4-9-7/h1-3,13H;7,9H,4-6H2,1-3H3. The summed E-state index contributed by atoms with van der Waals surface area (Å²) in [7, 11) is 5.62. The Morgan fingerprint density at radius 2 is 2.08 bits per heavy atom. The van der Waals surface area contributed by atoms with E-state index in [4.69, 9.17) is 11.6 Å². The van der Waals surface area contributed by atoms with Crippen LogP contribution in [0.25, 0.3) is 10.9 Å². The van der Waals surface area contributed by atoms with Crippen LogP contribution in [0.15, 0.2) is 12.1 Å². The SMILES string of the molecule is CN1CCNC(C(=O)N(C)C)C1.O=Cc1[nH]c2ccc(F)c(Cl)c2c1F. The number of piperazine rings is 1. The number of benzene rings is 1. The van der Waals surface area contributed by atoms with Gasteiger partial charge in [-0.25, -0.2) is 8.78 Å². The number of rotatable bonds is 2. The second-order valence-electron chi connectivity index (χ2n) is 6.26. The summed E-state index contributed by atoms with van der Waals surface area (Å²) in [5, 5.41) is 2.79. The minimum absolute atomic E-state index is 0.0150. The van der Waals surface area contributed by atoms with Gasteiger partial charge < -0.3 is 20.1 Å². The smallest absolute Gasteiger partial charge is 0.240 e. The number of nitrogens with one attached hydrogen (secondary N) is 2. The molecule has 1 amide bonds. The van der Waals surface area contributed by atoms with Gasteiger partial charge in [0.15, 0.2) is 12.1 Å². The van der Waals surface area contributed by atoms with Gasteiger partial charge in [-0.3, -0.25) is 9.59 Å². The average molecular weight is 387 g/mol. The maximum atomic E-state index is 13.4. The lowest BCUT2D eigenvalue weighted by Crippen LogP contribution is -2.55. The Hall–Kier alpha value is -2.03. The first-order valence-corrected chi connectivity index (χ1v) is 8.37. The molecule has 1 atom stereocenters. The molecule has 1 aromatic carbocycles. The van der Waals surface area contributed by atoms with Gasteiger partial charge in [0.25, 0.3) is 0 Å². The molecule has 2 heterocycles. The predicted molar refractivity (Wildman–Crippen MR) is 96.6 cm³/mol. The van der Waals surface area contributed by atoms with E-state index < -0.39 is 11.6 Å². The molecule has 6 nitrogen and oxygen atoms in total. The Morgan fingerprint density at radius 3 is 2.65 bits per heavy atom. The number of carbonyl (C=O) groups excluding carboxylic acids is 2. The zero-order chi connectivity index (χ0) is 19.4. The first-order valence-electron chi connectivity index (χ1n) is 7.99. The molecule has 9 heteroatoms. The first-order chi connectivity index (χ1) is 12.3. The Balaban J connectivity index is 0.000000190. The fourth-order valence-electron chi connectivity index (χ4n) is 2.66. The minimum Gasteiger partial charge on any atom is -0.350 e. The highest BCUT2D eigenvalue weighted by molar-refractivity contribution is 6.35. The number of aldehydes is 1. The number of amides is 1. The molecule has 1 aliphatic heterocycles. The van der Waals surface area contributed by atoms with Gasteiger partial charge in [0.05, 0.1) is 22.0 Å². The average Bonchev–Trinajstić information content (AvgIpc) is 2.94. The summed E-state index contributed by atoms with van der Waals surface area (Å²) in [5.74, 6) is -1.37. The summed E-state index contributed by atoms with van der Waals surface area (Å²) in [6.07, 6.45) is 0.323. The highest BCUT2D eigenvalue weighted by Gasteiger charge is 2.24. The third-order valence-electron chi connectivity index (χ3n) is 4.06. The summed E-state index contributed by atoms with van der Waals surface area (Å²) in [4.78, 5) is 28.2. The van der Waals surface area contributed by atoms with E-state index in [1.165, 1.54) is 6.07 Å². The van der Waals surface area contributed by atoms with E-state index in [0.717, 1.165) is 25.7 Å². The maximum Gasteiger partial charge on any atom is 0.240 e. The number of likely N-dealkylation sites (N-methyl/N-ethyl adjacent to an activating group) is 2. The number of H-pyrrole nitrogens is 1. The van der Waals surface area contributed by atoms with Gasteiger partial charge in [-0.1, -0.05) is 11.6 Å². The Morgan fingerprint density at radius 1 is 1.38 bits per heavy atom. The van der Waals surface area contributed by atoms with E-state index in [-0.39, 0.29) is 28.1 Å². The van der Waals surface area contributed by atoms with Crippen LogP contribution in [0.5, 0.6) is 0 Å². The maximum absolute atomic E-state index is 13.4. The summed E-state index contributed by atoms with van der Waals surface area (Å²) in [6, 6.07) is 2.42. The molecular formula is C17H21ClF2N4O2. The molecule has 1 aromatic heterocycles. The molecular weight excluding hydrogens is 366 g/mol. The van der Waals surface area contributed by atoms with Crippen LogP contribution in [0.3, 0.4) is 0 Å². The van der Waals surface area contributed by atoms with Crippen LogP contribution in [0.4, 0.5) is 8.78 Å². The number of halogens is 3. The monoisotopic (exact) mass is 386 g/mol. The van der Waals surface area contributed by atoms with Crippen molar-refractivity contribution in [1.29, 1.82) is 0 Å². The van der Waals surface area contributed by atoms with Gasteiger partial charge in [-0.15, -0.1) is 0 Å². The quantitative estimate of drug-likeness (QED) is 0.773. The molecule has 1 fully saturated rings. The van der Waals surface area contributed by atoms with E-state index in [9.17, 15) is 18.4 Å². The van der Waals surface area contributed by atoms with Crippen molar-refractivity contribution in [1.82, 2.24) is 20.1 Å². The summed E-state index contributed by atoms with van der Waals surface area (Å²) < 4.78 is 26.3. The van der Waals surface area contributed by atoms with Gasteiger partial charge in [0, 0.05) is 33.7 Å². The number of carbonyl (C=O) groups is 2.